The summed E-state index contributed by atoms with van der Waals surface area (Å²) < 4.78 is 19.4. The number of carbonyl (C=O) groups is 3. The smallest absolute Gasteiger partial charge is 0.293 e. The number of ether oxygens (including phenoxy) is 1. The van der Waals surface area contributed by atoms with Crippen LogP contribution in [0.5, 0.6) is 0 Å². The van der Waals surface area contributed by atoms with Crippen molar-refractivity contribution in [3.8, 4) is 0 Å². The monoisotopic (exact) mass is 383 g/mol. The molecule has 0 saturated carbocycles. The van der Waals surface area contributed by atoms with Crippen molar-refractivity contribution in [1.29, 1.82) is 0 Å². The van der Waals surface area contributed by atoms with E-state index in [4.69, 9.17) is 4.74 Å². The third-order valence-electron chi connectivity index (χ3n) is 4.47. The number of thioether (sulfide) groups is 1. The molecule has 5 nitrogen and oxygen atoms in total. The first-order chi connectivity index (χ1) is 13.0. The van der Waals surface area contributed by atoms with E-state index in [2.05, 4.69) is 0 Å². The van der Waals surface area contributed by atoms with E-state index in [9.17, 15) is 18.8 Å². The maximum atomic E-state index is 13.8. The van der Waals surface area contributed by atoms with Crippen molar-refractivity contribution < 1.29 is 23.5 Å². The zero-order valence-electron chi connectivity index (χ0n) is 14.0. The van der Waals surface area contributed by atoms with E-state index < -0.39 is 22.9 Å². The number of Topliss-reactive ketones (excluding diaryl/α,β-unsaturated/α-hetero) is 1. The second kappa shape index (κ2) is 7.00. The molecule has 1 saturated heterocycles. The van der Waals surface area contributed by atoms with Gasteiger partial charge in [0.15, 0.2) is 5.78 Å². The first-order valence-corrected chi connectivity index (χ1v) is 9.10. The fourth-order valence-corrected chi connectivity index (χ4v) is 3.86. The van der Waals surface area contributed by atoms with E-state index in [-0.39, 0.29) is 34.5 Å². The number of amides is 2. The van der Waals surface area contributed by atoms with Crippen LogP contribution in [0.15, 0.2) is 71.4 Å². The summed E-state index contributed by atoms with van der Waals surface area (Å²) in [4.78, 5) is 38.5. The van der Waals surface area contributed by atoms with Crippen molar-refractivity contribution in [3.63, 3.8) is 0 Å². The van der Waals surface area contributed by atoms with Crippen molar-refractivity contribution >= 4 is 28.7 Å². The Hall–Kier alpha value is -2.93. The first-order valence-electron chi connectivity index (χ1n) is 8.28. The van der Waals surface area contributed by atoms with Crippen LogP contribution in [-0.2, 0) is 20.9 Å². The molecule has 2 heterocycles. The van der Waals surface area contributed by atoms with E-state index in [1.165, 1.54) is 30.5 Å². The fourth-order valence-electron chi connectivity index (χ4n) is 3.04. The number of benzene rings is 1. The van der Waals surface area contributed by atoms with Gasteiger partial charge in [0.1, 0.15) is 11.9 Å². The average molecular weight is 383 g/mol. The Balaban J connectivity index is 1.56. The summed E-state index contributed by atoms with van der Waals surface area (Å²) in [6.45, 7) is -0.156. The van der Waals surface area contributed by atoms with Crippen molar-refractivity contribution in [2.45, 2.75) is 12.6 Å². The molecule has 4 rings (SSSR count). The number of imide groups is 1. The van der Waals surface area contributed by atoms with Crippen LogP contribution in [0.4, 0.5) is 9.18 Å². The molecule has 0 spiro atoms. The SMILES string of the molecule is O=C1C(/C=C2/SC(=O)N(Cc3ccccc3F)C2=O)=CO[C@@H]2C=CC=C[C@@H]12. The molecule has 0 unspecified atom stereocenters. The minimum absolute atomic E-state index is 0.119. The van der Waals surface area contributed by atoms with Gasteiger partial charge in [-0.05, 0) is 30.0 Å². The molecule has 0 radical (unpaired) electrons. The Morgan fingerprint density at radius 3 is 2.74 bits per heavy atom. The van der Waals surface area contributed by atoms with Crippen LogP contribution < -0.4 is 0 Å². The maximum absolute atomic E-state index is 13.8. The second-order valence-corrected chi connectivity index (χ2v) is 7.19. The van der Waals surface area contributed by atoms with Crippen LogP contribution in [0.25, 0.3) is 0 Å². The number of allylic oxidation sites excluding steroid dienone is 4. The van der Waals surface area contributed by atoms with Gasteiger partial charge in [-0.3, -0.25) is 19.3 Å². The Kier molecular flexibility index (Phi) is 4.53. The summed E-state index contributed by atoms with van der Waals surface area (Å²) in [5, 5.41) is -0.502. The lowest BCUT2D eigenvalue weighted by Gasteiger charge is -2.27. The van der Waals surface area contributed by atoms with Crippen LogP contribution in [0, 0.1) is 11.7 Å². The third-order valence-corrected chi connectivity index (χ3v) is 5.38. The van der Waals surface area contributed by atoms with Crippen LogP contribution in [-0.4, -0.2) is 27.9 Å². The van der Waals surface area contributed by atoms with Gasteiger partial charge in [-0.2, -0.15) is 0 Å². The third kappa shape index (κ3) is 3.26. The molecule has 2 aliphatic heterocycles. The predicted molar refractivity (Wildman–Crippen MR) is 97.8 cm³/mol. The summed E-state index contributed by atoms with van der Waals surface area (Å²) in [6, 6.07) is 5.97. The Bertz CT molecular complexity index is 962. The van der Waals surface area contributed by atoms with E-state index in [1.54, 1.807) is 30.4 Å². The molecule has 2 atom stereocenters. The van der Waals surface area contributed by atoms with Gasteiger partial charge in [0.05, 0.1) is 29.2 Å². The molecule has 1 aromatic rings. The van der Waals surface area contributed by atoms with Crippen LogP contribution >= 0.6 is 11.8 Å². The summed E-state index contributed by atoms with van der Waals surface area (Å²) in [7, 11) is 0. The van der Waals surface area contributed by atoms with E-state index >= 15 is 0 Å². The molecule has 1 fully saturated rings. The quantitative estimate of drug-likeness (QED) is 0.748. The number of ketones is 1. The molecule has 3 aliphatic rings. The van der Waals surface area contributed by atoms with Gasteiger partial charge in [0.25, 0.3) is 11.1 Å². The molecule has 0 N–H and O–H groups in total. The van der Waals surface area contributed by atoms with Gasteiger partial charge in [0.2, 0.25) is 0 Å². The minimum Gasteiger partial charge on any atom is -0.492 e. The van der Waals surface area contributed by atoms with Crippen molar-refractivity contribution in [1.82, 2.24) is 4.90 Å². The number of carbonyl (C=O) groups excluding carboxylic acids is 3. The lowest BCUT2D eigenvalue weighted by Crippen LogP contribution is -2.32. The maximum Gasteiger partial charge on any atom is 0.293 e. The molecule has 0 bridgehead atoms. The fraction of sp³-hybridized carbons (Fsp3) is 0.150. The van der Waals surface area contributed by atoms with Crippen LogP contribution in [0.2, 0.25) is 0 Å². The zero-order chi connectivity index (χ0) is 19.0. The van der Waals surface area contributed by atoms with E-state index in [0.717, 1.165) is 16.7 Å². The largest absolute Gasteiger partial charge is 0.492 e. The van der Waals surface area contributed by atoms with Gasteiger partial charge in [-0.1, -0.05) is 36.4 Å². The lowest BCUT2D eigenvalue weighted by atomic mass is 9.88. The minimum atomic E-state index is -0.553. The number of hydrogen-bond acceptors (Lipinski definition) is 5. The molecule has 7 heteroatoms. The Morgan fingerprint density at radius 2 is 1.93 bits per heavy atom. The number of halogens is 1. The summed E-state index contributed by atoms with van der Waals surface area (Å²) in [5.74, 6) is -1.66. The average Bonchev–Trinajstić information content (AvgIpc) is 2.93. The Morgan fingerprint density at radius 1 is 1.15 bits per heavy atom. The normalized spacial score (nSPS) is 25.7. The number of rotatable bonds is 3. The highest BCUT2D eigenvalue weighted by atomic mass is 32.2. The highest BCUT2D eigenvalue weighted by molar-refractivity contribution is 8.18. The number of nitrogens with zero attached hydrogens (tertiary/aromatic N) is 1. The van der Waals surface area contributed by atoms with Gasteiger partial charge >= 0.3 is 0 Å². The highest BCUT2D eigenvalue weighted by Gasteiger charge is 2.38. The second-order valence-electron chi connectivity index (χ2n) is 6.19. The summed E-state index contributed by atoms with van der Waals surface area (Å²) in [5.41, 5.74) is 0.479. The van der Waals surface area contributed by atoms with Crippen molar-refractivity contribution in [2.24, 2.45) is 5.92 Å². The topological polar surface area (TPSA) is 63.7 Å². The molecule has 136 valence electrons. The van der Waals surface area contributed by atoms with E-state index in [0.29, 0.717) is 0 Å². The summed E-state index contributed by atoms with van der Waals surface area (Å²) in [6.07, 6.45) is 9.45. The molecule has 27 heavy (non-hydrogen) atoms. The molecule has 1 aromatic carbocycles. The highest BCUT2D eigenvalue weighted by Crippen LogP contribution is 2.35. The molecular weight excluding hydrogens is 369 g/mol. The Labute approximate surface area is 158 Å². The van der Waals surface area contributed by atoms with Crippen molar-refractivity contribution in [2.75, 3.05) is 0 Å². The van der Waals surface area contributed by atoms with E-state index in [1.807, 2.05) is 0 Å². The van der Waals surface area contributed by atoms with Crippen LogP contribution in [0.3, 0.4) is 0 Å². The van der Waals surface area contributed by atoms with Gasteiger partial charge in [0, 0.05) is 5.56 Å². The predicted octanol–water partition coefficient (Wildman–Crippen LogP) is 3.50. The standard InChI is InChI=1S/C20H14FNO4S/c21-15-7-3-1-5-12(15)10-22-19(24)17(27-20(22)25)9-13-11-26-16-8-4-2-6-14(16)18(13)23/h1-9,11,14,16H,10H2/b17-9+/t14-,16-/m1/s1. The molecule has 1 aliphatic carbocycles. The van der Waals surface area contributed by atoms with Gasteiger partial charge < -0.3 is 4.74 Å². The molecule has 2 amide bonds. The first kappa shape index (κ1) is 17.5. The summed E-state index contributed by atoms with van der Waals surface area (Å²) >= 11 is 0.727. The molecule has 0 aromatic heterocycles. The zero-order valence-corrected chi connectivity index (χ0v) is 14.8. The number of fused-ring (bicyclic) bond motifs is 1. The van der Waals surface area contributed by atoms with Crippen LogP contribution in [0.1, 0.15) is 5.56 Å². The number of hydrogen-bond donors (Lipinski definition) is 0. The van der Waals surface area contributed by atoms with Gasteiger partial charge in [-0.15, -0.1) is 0 Å². The lowest BCUT2D eigenvalue weighted by molar-refractivity contribution is -0.123. The molecular formula is C20H14FNO4S. The van der Waals surface area contributed by atoms with Gasteiger partial charge in [-0.25, -0.2) is 4.39 Å². The van der Waals surface area contributed by atoms with Crippen molar-refractivity contribution in [3.05, 3.63) is 82.8 Å².